The lowest BCUT2D eigenvalue weighted by Gasteiger charge is -2.38. The number of aliphatic hydroxyl groups excluding tert-OH is 2. The molecule has 0 aromatic heterocycles. The Morgan fingerprint density at radius 3 is 2.62 bits per heavy atom. The normalized spacial score (nSPS) is 22.8. The minimum absolute atomic E-state index is 0.160. The zero-order valence-electron chi connectivity index (χ0n) is 13.0. The summed E-state index contributed by atoms with van der Waals surface area (Å²) in [4.78, 5) is 2.19. The summed E-state index contributed by atoms with van der Waals surface area (Å²) in [6, 6.07) is 7.99. The number of nitrogens with zero attached hydrogens (tertiary/aromatic N) is 1. The van der Waals surface area contributed by atoms with E-state index in [2.05, 4.69) is 4.90 Å². The Hall–Kier alpha value is -1.10. The topological polar surface area (TPSA) is 52.9 Å². The smallest absolute Gasteiger partial charge is 0.119 e. The molecule has 1 saturated heterocycles. The van der Waals surface area contributed by atoms with Gasteiger partial charge in [-0.2, -0.15) is 0 Å². The maximum Gasteiger partial charge on any atom is 0.119 e. The maximum absolute atomic E-state index is 10.2. The molecule has 4 heteroatoms. The molecule has 0 amide bonds. The first-order valence-electron chi connectivity index (χ1n) is 7.86. The van der Waals surface area contributed by atoms with Gasteiger partial charge in [0.05, 0.1) is 6.10 Å². The van der Waals surface area contributed by atoms with Crippen molar-refractivity contribution in [2.24, 2.45) is 0 Å². The van der Waals surface area contributed by atoms with Gasteiger partial charge in [-0.05, 0) is 45.4 Å². The minimum atomic E-state index is -0.536. The summed E-state index contributed by atoms with van der Waals surface area (Å²) in [7, 11) is 0. The summed E-state index contributed by atoms with van der Waals surface area (Å²) >= 11 is 0. The van der Waals surface area contributed by atoms with Crippen LogP contribution in [0.15, 0.2) is 24.3 Å². The van der Waals surface area contributed by atoms with E-state index in [0.29, 0.717) is 6.54 Å². The Kier molecular flexibility index (Phi) is 6.03. The van der Waals surface area contributed by atoms with Gasteiger partial charge >= 0.3 is 0 Å². The lowest BCUT2D eigenvalue weighted by molar-refractivity contribution is -0.00277. The molecule has 1 aliphatic rings. The van der Waals surface area contributed by atoms with Crippen LogP contribution in [0.25, 0.3) is 0 Å². The Bertz CT molecular complexity index is 419. The molecule has 0 bridgehead atoms. The minimum Gasteiger partial charge on any atom is -0.491 e. The van der Waals surface area contributed by atoms with E-state index in [0.717, 1.165) is 31.6 Å². The SMILES string of the molecule is Cc1ccc(OCC(O)CN2CCCCC2C(C)O)cc1. The Morgan fingerprint density at radius 1 is 1.24 bits per heavy atom. The second kappa shape index (κ2) is 7.78. The van der Waals surface area contributed by atoms with Crippen molar-refractivity contribution >= 4 is 0 Å². The van der Waals surface area contributed by atoms with Gasteiger partial charge in [-0.1, -0.05) is 24.1 Å². The van der Waals surface area contributed by atoms with E-state index in [9.17, 15) is 10.2 Å². The van der Waals surface area contributed by atoms with E-state index in [1.807, 2.05) is 38.1 Å². The average molecular weight is 293 g/mol. The van der Waals surface area contributed by atoms with Crippen LogP contribution < -0.4 is 4.74 Å². The number of benzene rings is 1. The third kappa shape index (κ3) is 4.99. The molecule has 1 heterocycles. The molecule has 0 aliphatic carbocycles. The van der Waals surface area contributed by atoms with Crippen LogP contribution in [0.2, 0.25) is 0 Å². The van der Waals surface area contributed by atoms with Crippen LogP contribution in [0.4, 0.5) is 0 Å². The van der Waals surface area contributed by atoms with Crippen LogP contribution >= 0.6 is 0 Å². The summed E-state index contributed by atoms with van der Waals surface area (Å²) < 4.78 is 5.62. The van der Waals surface area contributed by atoms with E-state index in [1.54, 1.807) is 0 Å². The van der Waals surface area contributed by atoms with Crippen molar-refractivity contribution in [3.05, 3.63) is 29.8 Å². The van der Waals surface area contributed by atoms with E-state index in [4.69, 9.17) is 4.74 Å². The fourth-order valence-electron chi connectivity index (χ4n) is 2.94. The summed E-state index contributed by atoms with van der Waals surface area (Å²) in [5, 5.41) is 20.0. The standard InChI is InChI=1S/C17H27NO3/c1-13-6-8-16(9-7-13)21-12-15(20)11-18-10-4-3-5-17(18)14(2)19/h6-9,14-15,17,19-20H,3-5,10-12H2,1-2H3. The number of ether oxygens (including phenoxy) is 1. The molecule has 3 atom stereocenters. The number of likely N-dealkylation sites (tertiary alicyclic amines) is 1. The quantitative estimate of drug-likeness (QED) is 0.842. The predicted molar refractivity (Wildman–Crippen MR) is 83.6 cm³/mol. The van der Waals surface area contributed by atoms with E-state index in [1.165, 1.54) is 5.56 Å². The van der Waals surface area contributed by atoms with Gasteiger partial charge in [0.25, 0.3) is 0 Å². The van der Waals surface area contributed by atoms with Crippen LogP contribution in [-0.2, 0) is 0 Å². The Morgan fingerprint density at radius 2 is 1.95 bits per heavy atom. The van der Waals surface area contributed by atoms with Gasteiger partial charge in [0.2, 0.25) is 0 Å². The third-order valence-electron chi connectivity index (χ3n) is 4.13. The zero-order valence-corrected chi connectivity index (χ0v) is 13.0. The maximum atomic E-state index is 10.2. The molecule has 2 N–H and O–H groups in total. The van der Waals surface area contributed by atoms with Crippen molar-refractivity contribution in [3.63, 3.8) is 0 Å². The number of aryl methyl sites for hydroxylation is 1. The molecule has 21 heavy (non-hydrogen) atoms. The van der Waals surface area contributed by atoms with Gasteiger partial charge in [0.1, 0.15) is 18.5 Å². The molecule has 4 nitrogen and oxygen atoms in total. The van der Waals surface area contributed by atoms with Gasteiger partial charge in [0, 0.05) is 12.6 Å². The number of piperidine rings is 1. The van der Waals surface area contributed by atoms with Crippen molar-refractivity contribution in [1.82, 2.24) is 4.90 Å². The molecule has 0 spiro atoms. The number of aliphatic hydroxyl groups is 2. The number of β-amino-alcohol motifs (C(OH)–C–C–N with tert-alkyl or cyclic N) is 1. The lowest BCUT2D eigenvalue weighted by Crippen LogP contribution is -2.49. The molecular formula is C17H27NO3. The zero-order chi connectivity index (χ0) is 15.2. The van der Waals surface area contributed by atoms with Crippen LogP contribution in [0, 0.1) is 6.92 Å². The molecule has 1 fully saturated rings. The van der Waals surface area contributed by atoms with Crippen LogP contribution in [0.1, 0.15) is 31.7 Å². The van der Waals surface area contributed by atoms with E-state index >= 15 is 0 Å². The van der Waals surface area contributed by atoms with Gasteiger partial charge in [-0.25, -0.2) is 0 Å². The van der Waals surface area contributed by atoms with Crippen LogP contribution in [-0.4, -0.2) is 53.1 Å². The average Bonchev–Trinajstić information content (AvgIpc) is 2.47. The first-order valence-corrected chi connectivity index (χ1v) is 7.86. The molecule has 3 unspecified atom stereocenters. The highest BCUT2D eigenvalue weighted by Crippen LogP contribution is 2.20. The third-order valence-corrected chi connectivity index (χ3v) is 4.13. The largest absolute Gasteiger partial charge is 0.491 e. The second-order valence-corrected chi connectivity index (χ2v) is 6.08. The van der Waals surface area contributed by atoms with Crippen molar-refractivity contribution in [3.8, 4) is 5.75 Å². The van der Waals surface area contributed by atoms with Gasteiger partial charge in [0.15, 0.2) is 0 Å². The fraction of sp³-hybridized carbons (Fsp3) is 0.647. The molecule has 118 valence electrons. The highest BCUT2D eigenvalue weighted by molar-refractivity contribution is 5.26. The first-order chi connectivity index (χ1) is 10.1. The Labute approximate surface area is 127 Å². The fourth-order valence-corrected chi connectivity index (χ4v) is 2.94. The molecule has 1 aliphatic heterocycles. The molecular weight excluding hydrogens is 266 g/mol. The van der Waals surface area contributed by atoms with Crippen molar-refractivity contribution in [1.29, 1.82) is 0 Å². The highest BCUT2D eigenvalue weighted by Gasteiger charge is 2.27. The second-order valence-electron chi connectivity index (χ2n) is 6.08. The van der Waals surface area contributed by atoms with Crippen molar-refractivity contribution in [2.75, 3.05) is 19.7 Å². The molecule has 1 aromatic rings. The van der Waals surface area contributed by atoms with Gasteiger partial charge in [-0.15, -0.1) is 0 Å². The summed E-state index contributed by atoms with van der Waals surface area (Å²) in [6.45, 7) is 5.65. The highest BCUT2D eigenvalue weighted by atomic mass is 16.5. The van der Waals surface area contributed by atoms with Crippen LogP contribution in [0.5, 0.6) is 5.75 Å². The van der Waals surface area contributed by atoms with Crippen molar-refractivity contribution < 1.29 is 14.9 Å². The number of rotatable bonds is 6. The molecule has 0 saturated carbocycles. The molecule has 0 radical (unpaired) electrons. The number of hydrogen-bond acceptors (Lipinski definition) is 4. The molecule has 2 rings (SSSR count). The predicted octanol–water partition coefficient (Wildman–Crippen LogP) is 1.97. The summed E-state index contributed by atoms with van der Waals surface area (Å²) in [5.41, 5.74) is 1.19. The lowest BCUT2D eigenvalue weighted by atomic mass is 9.98. The summed E-state index contributed by atoms with van der Waals surface area (Å²) in [6.07, 6.45) is 2.40. The number of hydrogen-bond donors (Lipinski definition) is 2. The van der Waals surface area contributed by atoms with E-state index < -0.39 is 6.10 Å². The molecule has 1 aromatic carbocycles. The van der Waals surface area contributed by atoms with E-state index in [-0.39, 0.29) is 18.8 Å². The first kappa shape index (κ1) is 16.3. The monoisotopic (exact) mass is 293 g/mol. The van der Waals surface area contributed by atoms with Crippen LogP contribution in [0.3, 0.4) is 0 Å². The van der Waals surface area contributed by atoms with Gasteiger partial charge in [-0.3, -0.25) is 4.90 Å². The van der Waals surface area contributed by atoms with Gasteiger partial charge < -0.3 is 14.9 Å². The van der Waals surface area contributed by atoms with Crippen molar-refractivity contribution in [2.45, 2.75) is 51.4 Å². The summed E-state index contributed by atoms with van der Waals surface area (Å²) in [5.74, 6) is 0.783. The Balaban J connectivity index is 1.80.